The van der Waals surface area contributed by atoms with Gasteiger partial charge in [0, 0.05) is 6.54 Å². The van der Waals surface area contributed by atoms with Gasteiger partial charge < -0.3 is 20.9 Å². The number of hydrogen-bond donors (Lipinski definition) is 3. The summed E-state index contributed by atoms with van der Waals surface area (Å²) >= 11 is 0. The molecule has 0 saturated heterocycles. The number of aliphatic carboxylic acids is 1. The van der Waals surface area contributed by atoms with Crippen molar-refractivity contribution in [3.63, 3.8) is 0 Å². The highest BCUT2D eigenvalue weighted by atomic mass is 16.6. The molecule has 0 saturated carbocycles. The summed E-state index contributed by atoms with van der Waals surface area (Å²) < 4.78 is 5.01. The Kier molecular flexibility index (Phi) is 6.38. The minimum atomic E-state index is -1.00. The van der Waals surface area contributed by atoms with E-state index in [9.17, 15) is 9.59 Å². The van der Waals surface area contributed by atoms with Crippen molar-refractivity contribution in [3.8, 4) is 5.75 Å². The number of carbonyl (C=O) groups excluding carboxylic acids is 1. The molecule has 0 aliphatic rings. The first-order chi connectivity index (χ1) is 9.09. The Morgan fingerprint density at radius 1 is 1.26 bits per heavy atom. The third kappa shape index (κ3) is 6.42. The standard InChI is InChI=1S/C13H18N2O4/c14-11(12(16)17)8-4-5-9-15-13(18)19-10-6-2-1-3-7-10/h1-3,6-7,11H,4-5,8-9,14H2,(H,15,18)(H,16,17)/t11-/m0/s1. The fraction of sp³-hybridized carbons (Fsp3) is 0.385. The first-order valence-electron chi connectivity index (χ1n) is 6.08. The van der Waals surface area contributed by atoms with Gasteiger partial charge in [0.15, 0.2) is 0 Å². The zero-order valence-corrected chi connectivity index (χ0v) is 10.5. The third-order valence-corrected chi connectivity index (χ3v) is 2.48. The molecule has 6 heteroatoms. The summed E-state index contributed by atoms with van der Waals surface area (Å²) in [6, 6.07) is 7.91. The molecule has 0 radical (unpaired) electrons. The van der Waals surface area contributed by atoms with Crippen LogP contribution in [0.3, 0.4) is 0 Å². The van der Waals surface area contributed by atoms with Crippen LogP contribution in [0, 0.1) is 0 Å². The number of ether oxygens (including phenoxy) is 1. The van der Waals surface area contributed by atoms with Gasteiger partial charge >= 0.3 is 12.1 Å². The largest absolute Gasteiger partial charge is 0.480 e. The topological polar surface area (TPSA) is 102 Å². The zero-order chi connectivity index (χ0) is 14.1. The summed E-state index contributed by atoms with van der Waals surface area (Å²) in [7, 11) is 0. The van der Waals surface area contributed by atoms with Crippen LogP contribution in [0.5, 0.6) is 5.75 Å². The molecule has 0 heterocycles. The van der Waals surface area contributed by atoms with Crippen LogP contribution in [0.1, 0.15) is 19.3 Å². The predicted molar refractivity (Wildman–Crippen MR) is 69.9 cm³/mol. The van der Waals surface area contributed by atoms with Crippen LogP contribution in [0.25, 0.3) is 0 Å². The van der Waals surface area contributed by atoms with Crippen molar-refractivity contribution in [1.29, 1.82) is 0 Å². The van der Waals surface area contributed by atoms with Crippen LogP contribution in [0.15, 0.2) is 30.3 Å². The maximum absolute atomic E-state index is 11.4. The minimum Gasteiger partial charge on any atom is -0.480 e. The number of benzene rings is 1. The minimum absolute atomic E-state index is 0.394. The number of nitrogens with one attached hydrogen (secondary N) is 1. The lowest BCUT2D eigenvalue weighted by atomic mass is 10.1. The van der Waals surface area contributed by atoms with E-state index >= 15 is 0 Å². The van der Waals surface area contributed by atoms with Crippen molar-refractivity contribution in [2.75, 3.05) is 6.54 Å². The molecule has 0 unspecified atom stereocenters. The first kappa shape index (κ1) is 15.0. The van der Waals surface area contributed by atoms with Gasteiger partial charge in [0.1, 0.15) is 11.8 Å². The van der Waals surface area contributed by atoms with Crippen LogP contribution in [0.4, 0.5) is 4.79 Å². The maximum Gasteiger partial charge on any atom is 0.412 e. The monoisotopic (exact) mass is 266 g/mol. The second-order valence-electron chi connectivity index (χ2n) is 4.07. The fourth-order valence-electron chi connectivity index (χ4n) is 1.43. The number of carbonyl (C=O) groups is 2. The smallest absolute Gasteiger partial charge is 0.412 e. The van der Waals surface area contributed by atoms with Crippen molar-refractivity contribution in [2.24, 2.45) is 5.73 Å². The summed E-state index contributed by atoms with van der Waals surface area (Å²) in [5.41, 5.74) is 5.35. The molecule has 1 rings (SSSR count). The lowest BCUT2D eigenvalue weighted by Crippen LogP contribution is -2.31. The number of rotatable bonds is 7. The molecule has 0 bridgehead atoms. The number of carboxylic acid groups (broad SMARTS) is 1. The van der Waals surface area contributed by atoms with Gasteiger partial charge in [0.2, 0.25) is 0 Å². The number of unbranched alkanes of at least 4 members (excludes halogenated alkanes) is 1. The molecule has 4 N–H and O–H groups in total. The quantitative estimate of drug-likeness (QED) is 0.647. The number of amides is 1. The fourth-order valence-corrected chi connectivity index (χ4v) is 1.43. The summed E-state index contributed by atoms with van der Waals surface area (Å²) in [5, 5.41) is 11.2. The Morgan fingerprint density at radius 3 is 2.58 bits per heavy atom. The van der Waals surface area contributed by atoms with Crippen LogP contribution in [0.2, 0.25) is 0 Å². The molecule has 0 spiro atoms. The number of nitrogens with two attached hydrogens (primary N) is 1. The molecular weight excluding hydrogens is 248 g/mol. The molecule has 1 amide bonds. The second-order valence-corrected chi connectivity index (χ2v) is 4.07. The predicted octanol–water partition coefficient (Wildman–Crippen LogP) is 1.36. The van der Waals surface area contributed by atoms with Gasteiger partial charge in [-0.25, -0.2) is 4.79 Å². The van der Waals surface area contributed by atoms with Gasteiger partial charge in [-0.3, -0.25) is 4.79 Å². The Labute approximate surface area is 111 Å². The molecule has 1 atom stereocenters. The van der Waals surface area contributed by atoms with Crippen LogP contribution in [-0.4, -0.2) is 29.8 Å². The Balaban J connectivity index is 2.10. The van der Waals surface area contributed by atoms with E-state index in [-0.39, 0.29) is 0 Å². The van der Waals surface area contributed by atoms with E-state index < -0.39 is 18.1 Å². The van der Waals surface area contributed by atoms with E-state index in [4.69, 9.17) is 15.6 Å². The molecule has 1 aromatic rings. The highest BCUT2D eigenvalue weighted by Gasteiger charge is 2.10. The van der Waals surface area contributed by atoms with Gasteiger partial charge in [-0.2, -0.15) is 0 Å². The second kappa shape index (κ2) is 8.10. The zero-order valence-electron chi connectivity index (χ0n) is 10.5. The van der Waals surface area contributed by atoms with E-state index in [1.54, 1.807) is 24.3 Å². The van der Waals surface area contributed by atoms with Gasteiger partial charge in [-0.1, -0.05) is 18.2 Å². The summed E-state index contributed by atoms with van der Waals surface area (Å²) in [4.78, 5) is 21.8. The molecule has 104 valence electrons. The molecule has 1 aromatic carbocycles. The van der Waals surface area contributed by atoms with Gasteiger partial charge in [-0.15, -0.1) is 0 Å². The third-order valence-electron chi connectivity index (χ3n) is 2.48. The average Bonchev–Trinajstić information content (AvgIpc) is 2.39. The van der Waals surface area contributed by atoms with E-state index in [2.05, 4.69) is 5.32 Å². The number of carboxylic acids is 1. The lowest BCUT2D eigenvalue weighted by Gasteiger charge is -2.07. The number of hydrogen-bond acceptors (Lipinski definition) is 4. The van der Waals surface area contributed by atoms with E-state index in [1.807, 2.05) is 6.07 Å². The summed E-state index contributed by atoms with van der Waals surface area (Å²) in [5.74, 6) is -0.524. The van der Waals surface area contributed by atoms with E-state index in [1.165, 1.54) is 0 Å². The number of para-hydroxylation sites is 1. The molecule has 6 nitrogen and oxygen atoms in total. The first-order valence-corrected chi connectivity index (χ1v) is 6.08. The van der Waals surface area contributed by atoms with Crippen molar-refractivity contribution in [3.05, 3.63) is 30.3 Å². The Hall–Kier alpha value is -2.08. The van der Waals surface area contributed by atoms with Gasteiger partial charge in [-0.05, 0) is 31.4 Å². The lowest BCUT2D eigenvalue weighted by molar-refractivity contribution is -0.138. The Morgan fingerprint density at radius 2 is 1.95 bits per heavy atom. The molecule has 0 aliphatic carbocycles. The summed E-state index contributed by atoms with van der Waals surface area (Å²) in [6.07, 6.45) is 1.17. The highest BCUT2D eigenvalue weighted by Crippen LogP contribution is 2.08. The molecule has 0 fully saturated rings. The highest BCUT2D eigenvalue weighted by molar-refractivity contribution is 5.73. The van der Waals surface area contributed by atoms with Crippen molar-refractivity contribution >= 4 is 12.1 Å². The van der Waals surface area contributed by atoms with Gasteiger partial charge in [0.05, 0.1) is 0 Å². The summed E-state index contributed by atoms with van der Waals surface area (Å²) in [6.45, 7) is 0.429. The van der Waals surface area contributed by atoms with Crippen molar-refractivity contribution < 1.29 is 19.4 Å². The van der Waals surface area contributed by atoms with Crippen LogP contribution in [-0.2, 0) is 4.79 Å². The SMILES string of the molecule is N[C@@H](CCCCNC(=O)Oc1ccccc1)C(=O)O. The normalized spacial score (nSPS) is 11.6. The van der Waals surface area contributed by atoms with E-state index in [0.717, 1.165) is 0 Å². The maximum atomic E-state index is 11.4. The molecular formula is C13H18N2O4. The van der Waals surface area contributed by atoms with Gasteiger partial charge in [0.25, 0.3) is 0 Å². The van der Waals surface area contributed by atoms with E-state index in [0.29, 0.717) is 31.6 Å². The Bertz CT molecular complexity index is 408. The molecule has 0 aromatic heterocycles. The van der Waals surface area contributed by atoms with Crippen LogP contribution < -0.4 is 15.8 Å². The molecule has 19 heavy (non-hydrogen) atoms. The van der Waals surface area contributed by atoms with Crippen LogP contribution >= 0.6 is 0 Å². The van der Waals surface area contributed by atoms with Crippen molar-refractivity contribution in [1.82, 2.24) is 5.32 Å². The molecule has 0 aliphatic heterocycles. The average molecular weight is 266 g/mol. The van der Waals surface area contributed by atoms with Crippen molar-refractivity contribution in [2.45, 2.75) is 25.3 Å².